The maximum atomic E-state index is 13.2. The normalized spacial score (nSPS) is 34.7. The van der Waals surface area contributed by atoms with Crippen LogP contribution >= 0.6 is 23.6 Å². The molecule has 4 saturated carbocycles. The predicted molar refractivity (Wildman–Crippen MR) is 119 cm³/mol. The van der Waals surface area contributed by atoms with Gasteiger partial charge < -0.3 is 15.4 Å². The fraction of sp³-hybridized carbons (Fsp3) is 0.727. The highest BCUT2D eigenvalue weighted by Crippen LogP contribution is 2.60. The van der Waals surface area contributed by atoms with Gasteiger partial charge >= 0.3 is 0 Å². The van der Waals surface area contributed by atoms with E-state index < -0.39 is 0 Å². The smallest absolute Gasteiger partial charge is 0.232 e. The van der Waals surface area contributed by atoms with Crippen molar-refractivity contribution < 1.29 is 9.53 Å². The van der Waals surface area contributed by atoms with Gasteiger partial charge in [-0.15, -0.1) is 11.3 Å². The van der Waals surface area contributed by atoms with Crippen molar-refractivity contribution in [1.82, 2.24) is 15.5 Å². The van der Waals surface area contributed by atoms with E-state index in [0.717, 1.165) is 63.3 Å². The van der Waals surface area contributed by atoms with Crippen LogP contribution in [0.2, 0.25) is 0 Å². The summed E-state index contributed by atoms with van der Waals surface area (Å²) in [6, 6.07) is 4.54. The van der Waals surface area contributed by atoms with Crippen molar-refractivity contribution in [1.29, 1.82) is 0 Å². The number of nitrogens with zero attached hydrogens (tertiary/aromatic N) is 1. The fourth-order valence-corrected chi connectivity index (χ4v) is 7.67. The van der Waals surface area contributed by atoms with Crippen molar-refractivity contribution in [2.45, 2.75) is 44.6 Å². The Bertz CT molecular complexity index is 710. The summed E-state index contributed by atoms with van der Waals surface area (Å²) in [5.41, 5.74) is -0.155. The minimum Gasteiger partial charge on any atom is -0.379 e. The molecule has 158 valence electrons. The molecule has 1 aromatic rings. The number of carbonyl (C=O) groups is 1. The van der Waals surface area contributed by atoms with Gasteiger partial charge in [-0.1, -0.05) is 6.07 Å². The van der Waals surface area contributed by atoms with Crippen LogP contribution in [0.3, 0.4) is 0 Å². The molecule has 6 rings (SSSR count). The van der Waals surface area contributed by atoms with Crippen molar-refractivity contribution in [3.8, 4) is 0 Å². The highest BCUT2D eigenvalue weighted by Gasteiger charge is 2.54. The number of rotatable bonds is 5. The Labute approximate surface area is 182 Å². The molecule has 5 aliphatic rings. The average molecular weight is 434 g/mol. The third-order valence-corrected chi connectivity index (χ3v) is 8.78. The molecule has 0 unspecified atom stereocenters. The van der Waals surface area contributed by atoms with Crippen LogP contribution in [-0.4, -0.2) is 48.8 Å². The number of ether oxygens (including phenoxy) is 1. The Morgan fingerprint density at radius 3 is 2.45 bits per heavy atom. The van der Waals surface area contributed by atoms with Crippen LogP contribution in [0, 0.1) is 23.2 Å². The van der Waals surface area contributed by atoms with Gasteiger partial charge in [0.25, 0.3) is 0 Å². The standard InChI is InChI=1S/C22H31N3O2S2/c26-20(22-11-15-8-16(12-22)10-17(9-15)13-22)24-21(28)23-14-18(19-2-1-7-29-19)25-3-5-27-6-4-25/h1-2,7,15-18H,3-6,8-14H2,(H2,23,24,26,28)/t15?,16?,17?,18-,22?/m1/s1. The van der Waals surface area contributed by atoms with Crippen LogP contribution in [0.15, 0.2) is 17.5 Å². The summed E-state index contributed by atoms with van der Waals surface area (Å²) in [6.45, 7) is 4.11. The Hall–Kier alpha value is -1.02. The summed E-state index contributed by atoms with van der Waals surface area (Å²) in [6.07, 6.45) is 7.24. The second kappa shape index (κ2) is 8.25. The molecule has 29 heavy (non-hydrogen) atoms. The van der Waals surface area contributed by atoms with Crippen molar-refractivity contribution in [3.05, 3.63) is 22.4 Å². The SMILES string of the molecule is O=C(NC(=S)NC[C@H](c1cccs1)N1CCOCC1)C12CC3CC(CC(C3)C1)C2. The van der Waals surface area contributed by atoms with Crippen molar-refractivity contribution in [3.63, 3.8) is 0 Å². The predicted octanol–water partition coefficient (Wildman–Crippen LogP) is 3.33. The van der Waals surface area contributed by atoms with Crippen LogP contribution in [0.25, 0.3) is 0 Å². The first-order valence-electron chi connectivity index (χ1n) is 11.1. The summed E-state index contributed by atoms with van der Waals surface area (Å²) >= 11 is 7.33. The molecule has 5 fully saturated rings. The third kappa shape index (κ3) is 4.11. The summed E-state index contributed by atoms with van der Waals surface area (Å²) in [7, 11) is 0. The molecule has 7 heteroatoms. The molecule has 1 amide bonds. The molecule has 1 atom stereocenters. The number of thiophene rings is 1. The second-order valence-electron chi connectivity index (χ2n) is 9.54. The number of nitrogens with one attached hydrogen (secondary N) is 2. The van der Waals surface area contributed by atoms with E-state index in [2.05, 4.69) is 33.0 Å². The van der Waals surface area contributed by atoms with E-state index in [0.29, 0.717) is 11.7 Å². The second-order valence-corrected chi connectivity index (χ2v) is 10.9. The first kappa shape index (κ1) is 19.9. The van der Waals surface area contributed by atoms with Crippen LogP contribution in [0.5, 0.6) is 0 Å². The molecule has 1 aliphatic heterocycles. The summed E-state index contributed by atoms with van der Waals surface area (Å²) in [4.78, 5) is 17.0. The average Bonchev–Trinajstić information content (AvgIpc) is 3.22. The van der Waals surface area contributed by atoms with E-state index in [1.165, 1.54) is 24.1 Å². The molecule has 0 radical (unpaired) electrons. The lowest BCUT2D eigenvalue weighted by Gasteiger charge is -2.55. The van der Waals surface area contributed by atoms with Gasteiger partial charge in [-0.05, 0) is 79.9 Å². The van der Waals surface area contributed by atoms with Crippen molar-refractivity contribution >= 4 is 34.6 Å². The van der Waals surface area contributed by atoms with Gasteiger partial charge in [0, 0.05) is 24.5 Å². The number of carbonyl (C=O) groups excluding carboxylic acids is 1. The van der Waals surface area contributed by atoms with Gasteiger partial charge in [0.1, 0.15) is 0 Å². The number of amides is 1. The molecule has 0 aromatic carbocycles. The van der Waals surface area contributed by atoms with E-state index in [9.17, 15) is 4.79 Å². The molecular formula is C22H31N3O2S2. The van der Waals surface area contributed by atoms with Gasteiger partial charge in [-0.25, -0.2) is 0 Å². The zero-order chi connectivity index (χ0) is 19.8. The summed E-state index contributed by atoms with van der Waals surface area (Å²) in [5, 5.41) is 9.04. The number of hydrogen-bond acceptors (Lipinski definition) is 5. The highest BCUT2D eigenvalue weighted by molar-refractivity contribution is 7.80. The molecule has 5 nitrogen and oxygen atoms in total. The topological polar surface area (TPSA) is 53.6 Å². The zero-order valence-electron chi connectivity index (χ0n) is 16.9. The van der Waals surface area contributed by atoms with Gasteiger partial charge in [-0.3, -0.25) is 9.69 Å². The first-order chi connectivity index (χ1) is 14.1. The van der Waals surface area contributed by atoms with Crippen LogP contribution < -0.4 is 10.6 Å². The van der Waals surface area contributed by atoms with Gasteiger partial charge in [0.05, 0.1) is 24.7 Å². The Morgan fingerprint density at radius 2 is 1.86 bits per heavy atom. The van der Waals surface area contributed by atoms with E-state index in [-0.39, 0.29) is 17.4 Å². The monoisotopic (exact) mass is 433 g/mol. The molecule has 2 N–H and O–H groups in total. The minimum absolute atomic E-state index is 0.155. The summed E-state index contributed by atoms with van der Waals surface area (Å²) in [5.74, 6) is 2.46. The van der Waals surface area contributed by atoms with Crippen molar-refractivity contribution in [2.24, 2.45) is 23.2 Å². The Kier molecular flexibility index (Phi) is 5.67. The quantitative estimate of drug-likeness (QED) is 0.698. The van der Waals surface area contributed by atoms with Crippen LogP contribution in [-0.2, 0) is 9.53 Å². The lowest BCUT2D eigenvalue weighted by molar-refractivity contribution is -0.144. The first-order valence-corrected chi connectivity index (χ1v) is 12.3. The molecule has 4 bridgehead atoms. The lowest BCUT2D eigenvalue weighted by atomic mass is 9.49. The number of hydrogen-bond donors (Lipinski definition) is 2. The molecule has 4 aliphatic carbocycles. The molecular weight excluding hydrogens is 402 g/mol. The Balaban J connectivity index is 1.19. The van der Waals surface area contributed by atoms with Crippen LogP contribution in [0.1, 0.15) is 49.4 Å². The minimum atomic E-state index is -0.155. The van der Waals surface area contributed by atoms with Crippen molar-refractivity contribution in [2.75, 3.05) is 32.8 Å². The number of morpholine rings is 1. The van der Waals surface area contributed by atoms with E-state index in [1.54, 1.807) is 11.3 Å². The van der Waals surface area contributed by atoms with Crippen LogP contribution in [0.4, 0.5) is 0 Å². The molecule has 1 aromatic heterocycles. The fourth-order valence-electron chi connectivity index (χ4n) is 6.64. The maximum Gasteiger partial charge on any atom is 0.232 e. The molecule has 0 spiro atoms. The van der Waals surface area contributed by atoms with E-state index >= 15 is 0 Å². The van der Waals surface area contributed by atoms with Gasteiger partial charge in [0.15, 0.2) is 5.11 Å². The van der Waals surface area contributed by atoms with E-state index in [1.807, 2.05) is 0 Å². The van der Waals surface area contributed by atoms with E-state index in [4.69, 9.17) is 17.0 Å². The molecule has 2 heterocycles. The highest BCUT2D eigenvalue weighted by atomic mass is 32.1. The largest absolute Gasteiger partial charge is 0.379 e. The van der Waals surface area contributed by atoms with Gasteiger partial charge in [0.2, 0.25) is 5.91 Å². The molecule has 1 saturated heterocycles. The maximum absolute atomic E-state index is 13.2. The zero-order valence-corrected chi connectivity index (χ0v) is 18.5. The summed E-state index contributed by atoms with van der Waals surface area (Å²) < 4.78 is 5.52. The third-order valence-electron chi connectivity index (χ3n) is 7.56. The Morgan fingerprint density at radius 1 is 1.21 bits per heavy atom. The number of thiocarbonyl (C=S) groups is 1. The lowest BCUT2D eigenvalue weighted by Crippen LogP contribution is -2.56. The van der Waals surface area contributed by atoms with Gasteiger partial charge in [-0.2, -0.15) is 0 Å².